The minimum Gasteiger partial charge on any atom is -0.334 e. The summed E-state index contributed by atoms with van der Waals surface area (Å²) in [6.45, 7) is 5.78. The van der Waals surface area contributed by atoms with Crippen molar-refractivity contribution >= 4 is 23.0 Å². The van der Waals surface area contributed by atoms with E-state index in [0.29, 0.717) is 5.69 Å². The van der Waals surface area contributed by atoms with Crippen LogP contribution in [0.4, 0.5) is 23.0 Å². The van der Waals surface area contributed by atoms with E-state index in [4.69, 9.17) is 0 Å². The highest BCUT2D eigenvalue weighted by molar-refractivity contribution is 5.73. The Labute approximate surface area is 128 Å². The van der Waals surface area contributed by atoms with Gasteiger partial charge in [0.15, 0.2) is 0 Å². The maximum absolute atomic E-state index is 11.4. The average Bonchev–Trinajstić information content (AvgIpc) is 2.45. The summed E-state index contributed by atoms with van der Waals surface area (Å²) < 4.78 is 0. The molecule has 0 atom stereocenters. The van der Waals surface area contributed by atoms with Gasteiger partial charge in [0.2, 0.25) is 11.6 Å². The minimum atomic E-state index is -0.516. The molecule has 3 N–H and O–H groups in total. The first-order valence-electron chi connectivity index (χ1n) is 6.71. The van der Waals surface area contributed by atoms with Gasteiger partial charge in [0.25, 0.3) is 0 Å². The summed E-state index contributed by atoms with van der Waals surface area (Å²) in [6.07, 6.45) is 1.27. The monoisotopic (exact) mass is 302 g/mol. The minimum absolute atomic E-state index is 0.105. The van der Waals surface area contributed by atoms with Crippen LogP contribution < -0.4 is 16.2 Å². The molecule has 22 heavy (non-hydrogen) atoms. The summed E-state index contributed by atoms with van der Waals surface area (Å²) in [5.74, 6) is 0.234. The second-order valence-electron chi connectivity index (χ2n) is 5.67. The summed E-state index contributed by atoms with van der Waals surface area (Å²) >= 11 is 0. The molecule has 0 aliphatic carbocycles. The lowest BCUT2D eigenvalue weighted by Crippen LogP contribution is -2.40. The van der Waals surface area contributed by atoms with Crippen LogP contribution in [-0.2, 0) is 0 Å². The SMILES string of the molecule is CC(C)(C)NNc1ncnc(Nc2ccccc2)c1[N+](=O)[O-]. The zero-order valence-electron chi connectivity index (χ0n) is 12.6. The van der Waals surface area contributed by atoms with Crippen molar-refractivity contribution in [1.82, 2.24) is 15.4 Å². The lowest BCUT2D eigenvalue weighted by molar-refractivity contribution is -0.383. The van der Waals surface area contributed by atoms with E-state index in [1.54, 1.807) is 12.1 Å². The van der Waals surface area contributed by atoms with E-state index in [-0.39, 0.29) is 22.9 Å². The zero-order valence-corrected chi connectivity index (χ0v) is 12.6. The molecule has 0 aliphatic heterocycles. The highest BCUT2D eigenvalue weighted by Crippen LogP contribution is 2.30. The Bertz CT molecular complexity index is 654. The fraction of sp³-hybridized carbons (Fsp3) is 0.286. The molecule has 2 aromatic rings. The average molecular weight is 302 g/mol. The van der Waals surface area contributed by atoms with Crippen LogP contribution in [0.2, 0.25) is 0 Å². The molecule has 0 saturated carbocycles. The molecule has 1 heterocycles. The van der Waals surface area contributed by atoms with Gasteiger partial charge >= 0.3 is 5.69 Å². The third kappa shape index (κ3) is 4.13. The van der Waals surface area contributed by atoms with Crippen LogP contribution >= 0.6 is 0 Å². The smallest absolute Gasteiger partial charge is 0.334 e. The van der Waals surface area contributed by atoms with Crippen LogP contribution in [0.25, 0.3) is 0 Å². The van der Waals surface area contributed by atoms with Gasteiger partial charge in [-0.3, -0.25) is 15.5 Å². The van der Waals surface area contributed by atoms with Crippen molar-refractivity contribution in [3.63, 3.8) is 0 Å². The molecular weight excluding hydrogens is 284 g/mol. The quantitative estimate of drug-likeness (QED) is 0.576. The molecule has 116 valence electrons. The molecule has 1 aromatic heterocycles. The summed E-state index contributed by atoms with van der Waals surface area (Å²) in [7, 11) is 0. The fourth-order valence-electron chi connectivity index (χ4n) is 1.64. The highest BCUT2D eigenvalue weighted by atomic mass is 16.6. The van der Waals surface area contributed by atoms with Gasteiger partial charge in [-0.1, -0.05) is 18.2 Å². The predicted molar refractivity (Wildman–Crippen MR) is 84.9 cm³/mol. The highest BCUT2D eigenvalue weighted by Gasteiger charge is 2.24. The van der Waals surface area contributed by atoms with Crippen molar-refractivity contribution in [3.8, 4) is 0 Å². The molecule has 0 bridgehead atoms. The number of hydrogen-bond donors (Lipinski definition) is 3. The molecule has 0 amide bonds. The maximum atomic E-state index is 11.4. The molecule has 2 rings (SSSR count). The number of benzene rings is 1. The molecular formula is C14H18N6O2. The van der Waals surface area contributed by atoms with Gasteiger partial charge in [0.1, 0.15) is 6.33 Å². The van der Waals surface area contributed by atoms with Gasteiger partial charge < -0.3 is 5.32 Å². The molecule has 0 aliphatic rings. The number of nitro groups is 1. The van der Waals surface area contributed by atoms with Crippen molar-refractivity contribution in [2.75, 3.05) is 10.7 Å². The Morgan fingerprint density at radius 3 is 2.32 bits per heavy atom. The number of hydrogen-bond acceptors (Lipinski definition) is 7. The van der Waals surface area contributed by atoms with E-state index >= 15 is 0 Å². The predicted octanol–water partition coefficient (Wildman–Crippen LogP) is 2.84. The molecule has 8 heteroatoms. The maximum Gasteiger partial charge on any atom is 0.354 e. The molecule has 0 spiro atoms. The van der Waals surface area contributed by atoms with Crippen LogP contribution in [0.1, 0.15) is 20.8 Å². The van der Waals surface area contributed by atoms with E-state index in [0.717, 1.165) is 0 Å². The van der Waals surface area contributed by atoms with Crippen LogP contribution in [-0.4, -0.2) is 20.4 Å². The zero-order chi connectivity index (χ0) is 16.2. The second kappa shape index (κ2) is 6.35. The van der Waals surface area contributed by atoms with E-state index in [9.17, 15) is 10.1 Å². The lowest BCUT2D eigenvalue weighted by atomic mass is 10.1. The Hall–Kier alpha value is -2.74. The van der Waals surface area contributed by atoms with Crippen LogP contribution in [0, 0.1) is 10.1 Å². The number of hydrazine groups is 1. The van der Waals surface area contributed by atoms with Crippen molar-refractivity contribution in [3.05, 3.63) is 46.8 Å². The number of rotatable bonds is 5. The first-order valence-corrected chi connectivity index (χ1v) is 6.71. The number of anilines is 3. The lowest BCUT2D eigenvalue weighted by Gasteiger charge is -2.21. The van der Waals surface area contributed by atoms with Crippen LogP contribution in [0.15, 0.2) is 36.7 Å². The van der Waals surface area contributed by atoms with Crippen molar-refractivity contribution in [2.45, 2.75) is 26.3 Å². The molecule has 1 aromatic carbocycles. The molecule has 8 nitrogen and oxygen atoms in total. The van der Waals surface area contributed by atoms with Crippen molar-refractivity contribution in [1.29, 1.82) is 0 Å². The Balaban J connectivity index is 2.32. The first-order chi connectivity index (χ1) is 10.4. The third-order valence-electron chi connectivity index (χ3n) is 2.60. The number of nitrogens with one attached hydrogen (secondary N) is 3. The van der Waals surface area contributed by atoms with Crippen molar-refractivity contribution in [2.24, 2.45) is 0 Å². The van der Waals surface area contributed by atoms with Crippen molar-refractivity contribution < 1.29 is 4.92 Å². The standard InChI is InChI=1S/C14H18N6O2/c1-14(2,3)19-18-13-11(20(21)22)12(15-9-16-13)17-10-7-5-4-6-8-10/h4-9,19H,1-3H3,(H2,15,16,17,18). The van der Waals surface area contributed by atoms with E-state index in [1.807, 2.05) is 39.0 Å². The Morgan fingerprint density at radius 2 is 1.73 bits per heavy atom. The fourth-order valence-corrected chi connectivity index (χ4v) is 1.64. The molecule has 0 unspecified atom stereocenters. The van der Waals surface area contributed by atoms with Gasteiger partial charge in [-0.15, -0.1) is 0 Å². The Morgan fingerprint density at radius 1 is 1.09 bits per heavy atom. The van der Waals surface area contributed by atoms with Gasteiger partial charge in [-0.05, 0) is 32.9 Å². The summed E-state index contributed by atoms with van der Waals surface area (Å²) in [4.78, 5) is 18.8. The normalized spacial score (nSPS) is 11.0. The van der Waals surface area contributed by atoms with E-state index < -0.39 is 4.92 Å². The van der Waals surface area contributed by atoms with Crippen LogP contribution in [0.5, 0.6) is 0 Å². The molecule has 0 fully saturated rings. The van der Waals surface area contributed by atoms with Gasteiger partial charge in [-0.2, -0.15) is 0 Å². The summed E-state index contributed by atoms with van der Waals surface area (Å²) in [5.41, 5.74) is 5.95. The molecule has 0 saturated heterocycles. The van der Waals surface area contributed by atoms with Gasteiger partial charge in [0, 0.05) is 11.2 Å². The van der Waals surface area contributed by atoms with Crippen LogP contribution in [0.3, 0.4) is 0 Å². The largest absolute Gasteiger partial charge is 0.354 e. The topological polar surface area (TPSA) is 105 Å². The second-order valence-corrected chi connectivity index (χ2v) is 5.67. The van der Waals surface area contributed by atoms with Gasteiger partial charge in [-0.25, -0.2) is 15.4 Å². The first kappa shape index (κ1) is 15.6. The Kier molecular flexibility index (Phi) is 4.52. The number of nitrogens with zero attached hydrogens (tertiary/aromatic N) is 3. The molecule has 0 radical (unpaired) electrons. The summed E-state index contributed by atoms with van der Waals surface area (Å²) in [6, 6.07) is 9.11. The number of aromatic nitrogens is 2. The number of para-hydroxylation sites is 1. The van der Waals surface area contributed by atoms with E-state index in [1.165, 1.54) is 6.33 Å². The van der Waals surface area contributed by atoms with E-state index in [2.05, 4.69) is 26.1 Å². The van der Waals surface area contributed by atoms with Gasteiger partial charge in [0.05, 0.1) is 4.92 Å². The third-order valence-corrected chi connectivity index (χ3v) is 2.60. The summed E-state index contributed by atoms with van der Waals surface area (Å²) in [5, 5.41) is 14.3.